The summed E-state index contributed by atoms with van der Waals surface area (Å²) in [7, 11) is 1.74. The van der Waals surface area contributed by atoms with Crippen molar-refractivity contribution in [3.05, 3.63) is 39.3 Å². The molecule has 0 aliphatic heterocycles. The highest BCUT2D eigenvalue weighted by Gasteiger charge is 2.14. The van der Waals surface area contributed by atoms with Crippen molar-refractivity contribution >= 4 is 34.5 Å². The van der Waals surface area contributed by atoms with Crippen molar-refractivity contribution in [1.82, 2.24) is 9.88 Å². The fourth-order valence-electron chi connectivity index (χ4n) is 1.48. The second kappa shape index (κ2) is 4.81. The molecular formula is C11H12ClN3OS. The van der Waals surface area contributed by atoms with Gasteiger partial charge in [0.1, 0.15) is 5.69 Å². The third kappa shape index (κ3) is 2.81. The van der Waals surface area contributed by atoms with Crippen LogP contribution in [0.2, 0.25) is 4.34 Å². The molecule has 0 aromatic carbocycles. The van der Waals surface area contributed by atoms with Gasteiger partial charge >= 0.3 is 0 Å². The Balaban J connectivity index is 2.05. The second-order valence-corrected chi connectivity index (χ2v) is 5.51. The molecule has 0 bridgehead atoms. The number of nitrogens with zero attached hydrogens (tertiary/aromatic N) is 1. The van der Waals surface area contributed by atoms with Crippen LogP contribution in [-0.2, 0) is 6.54 Å². The van der Waals surface area contributed by atoms with Gasteiger partial charge in [-0.25, -0.2) is 0 Å². The number of rotatable bonds is 3. The lowest BCUT2D eigenvalue weighted by molar-refractivity contribution is 0.0781. The molecule has 0 spiro atoms. The minimum Gasteiger partial charge on any atom is -0.397 e. The van der Waals surface area contributed by atoms with Crippen LogP contribution in [0.3, 0.4) is 0 Å². The average molecular weight is 270 g/mol. The zero-order valence-corrected chi connectivity index (χ0v) is 10.8. The first-order chi connectivity index (χ1) is 8.06. The van der Waals surface area contributed by atoms with Crippen LogP contribution in [-0.4, -0.2) is 22.8 Å². The molecule has 2 heterocycles. The molecule has 0 aliphatic rings. The highest BCUT2D eigenvalue weighted by Crippen LogP contribution is 2.22. The summed E-state index contributed by atoms with van der Waals surface area (Å²) in [5.41, 5.74) is 6.60. The second-order valence-electron chi connectivity index (χ2n) is 3.71. The first-order valence-corrected chi connectivity index (χ1v) is 6.19. The SMILES string of the molecule is CN(Cc1ccc(Cl)s1)C(=O)c1cc(N)c[nH]1. The smallest absolute Gasteiger partial charge is 0.270 e. The summed E-state index contributed by atoms with van der Waals surface area (Å²) in [6.45, 7) is 0.537. The number of amides is 1. The van der Waals surface area contributed by atoms with Gasteiger partial charge in [-0.2, -0.15) is 0 Å². The van der Waals surface area contributed by atoms with E-state index in [1.165, 1.54) is 11.3 Å². The molecule has 2 aromatic heterocycles. The van der Waals surface area contributed by atoms with Crippen LogP contribution < -0.4 is 5.73 Å². The minimum absolute atomic E-state index is 0.0915. The van der Waals surface area contributed by atoms with Crippen molar-refractivity contribution in [1.29, 1.82) is 0 Å². The van der Waals surface area contributed by atoms with Crippen molar-refractivity contribution in [2.45, 2.75) is 6.54 Å². The van der Waals surface area contributed by atoms with Crippen LogP contribution in [0.1, 0.15) is 15.4 Å². The summed E-state index contributed by atoms with van der Waals surface area (Å²) in [6, 6.07) is 5.37. The van der Waals surface area contributed by atoms with Gasteiger partial charge in [-0.1, -0.05) is 11.6 Å². The Hall–Kier alpha value is -1.46. The molecule has 90 valence electrons. The summed E-state index contributed by atoms with van der Waals surface area (Å²) in [6.07, 6.45) is 1.60. The summed E-state index contributed by atoms with van der Waals surface area (Å²) in [4.78, 5) is 17.5. The number of carbonyl (C=O) groups is 1. The van der Waals surface area contributed by atoms with Gasteiger partial charge in [0, 0.05) is 23.8 Å². The number of anilines is 1. The monoisotopic (exact) mass is 269 g/mol. The molecule has 0 saturated heterocycles. The Bertz CT molecular complexity index is 534. The van der Waals surface area contributed by atoms with E-state index < -0.39 is 0 Å². The van der Waals surface area contributed by atoms with Gasteiger partial charge < -0.3 is 15.6 Å². The van der Waals surface area contributed by atoms with Gasteiger partial charge in [0.05, 0.1) is 10.9 Å². The molecular weight excluding hydrogens is 258 g/mol. The highest BCUT2D eigenvalue weighted by molar-refractivity contribution is 7.16. The lowest BCUT2D eigenvalue weighted by Crippen LogP contribution is -2.26. The highest BCUT2D eigenvalue weighted by atomic mass is 35.5. The Morgan fingerprint density at radius 3 is 2.88 bits per heavy atom. The molecule has 17 heavy (non-hydrogen) atoms. The molecule has 0 aliphatic carbocycles. The van der Waals surface area contributed by atoms with Gasteiger partial charge in [-0.05, 0) is 18.2 Å². The molecule has 0 atom stereocenters. The Kier molecular flexibility index (Phi) is 3.40. The van der Waals surface area contributed by atoms with E-state index in [-0.39, 0.29) is 5.91 Å². The number of hydrogen-bond donors (Lipinski definition) is 2. The molecule has 2 rings (SSSR count). The number of carbonyl (C=O) groups excluding carboxylic acids is 1. The van der Waals surface area contributed by atoms with Crippen molar-refractivity contribution in [2.24, 2.45) is 0 Å². The van der Waals surface area contributed by atoms with Crippen LogP contribution in [0.5, 0.6) is 0 Å². The van der Waals surface area contributed by atoms with Gasteiger partial charge in [-0.3, -0.25) is 4.79 Å². The Morgan fingerprint density at radius 2 is 2.35 bits per heavy atom. The molecule has 1 amide bonds. The molecule has 3 N–H and O–H groups in total. The molecule has 0 unspecified atom stereocenters. The number of thiophene rings is 1. The third-order valence-electron chi connectivity index (χ3n) is 2.30. The predicted molar refractivity (Wildman–Crippen MR) is 70.3 cm³/mol. The summed E-state index contributed by atoms with van der Waals surface area (Å²) in [5.74, 6) is -0.0915. The number of nitrogen functional groups attached to an aromatic ring is 1. The standard InChI is InChI=1S/C11H12ClN3OS/c1-15(6-8-2-3-10(12)17-8)11(16)9-4-7(13)5-14-9/h2-5,14H,6,13H2,1H3. The van der Waals surface area contributed by atoms with E-state index in [9.17, 15) is 4.79 Å². The van der Waals surface area contributed by atoms with E-state index in [1.807, 2.05) is 12.1 Å². The number of H-pyrrole nitrogens is 1. The van der Waals surface area contributed by atoms with Crippen LogP contribution in [0, 0.1) is 0 Å². The van der Waals surface area contributed by atoms with Crippen molar-refractivity contribution in [3.8, 4) is 0 Å². The van der Waals surface area contributed by atoms with Crippen molar-refractivity contribution in [3.63, 3.8) is 0 Å². The van der Waals surface area contributed by atoms with Gasteiger partial charge in [0.2, 0.25) is 0 Å². The molecule has 6 heteroatoms. The Labute approximate surface area is 108 Å². The number of nitrogens with two attached hydrogens (primary N) is 1. The first kappa shape index (κ1) is 12.0. The topological polar surface area (TPSA) is 62.1 Å². The van der Waals surface area contributed by atoms with Crippen LogP contribution in [0.15, 0.2) is 24.4 Å². The fraction of sp³-hybridized carbons (Fsp3) is 0.182. The maximum atomic E-state index is 12.0. The largest absolute Gasteiger partial charge is 0.397 e. The number of aromatic amines is 1. The number of aromatic nitrogens is 1. The molecule has 2 aromatic rings. The quantitative estimate of drug-likeness (QED) is 0.900. The summed E-state index contributed by atoms with van der Waals surface area (Å²) < 4.78 is 0.727. The molecule has 0 radical (unpaired) electrons. The normalized spacial score (nSPS) is 10.5. The van der Waals surface area contributed by atoms with E-state index in [1.54, 1.807) is 24.2 Å². The zero-order valence-electron chi connectivity index (χ0n) is 9.24. The van der Waals surface area contributed by atoms with Crippen LogP contribution >= 0.6 is 22.9 Å². The fourth-order valence-corrected chi connectivity index (χ4v) is 2.62. The number of hydrogen-bond acceptors (Lipinski definition) is 3. The zero-order chi connectivity index (χ0) is 12.4. The Morgan fingerprint density at radius 1 is 1.59 bits per heavy atom. The van der Waals surface area contributed by atoms with E-state index in [0.717, 1.165) is 9.21 Å². The van der Waals surface area contributed by atoms with E-state index in [4.69, 9.17) is 17.3 Å². The van der Waals surface area contributed by atoms with Gasteiger partial charge in [0.15, 0.2) is 0 Å². The third-order valence-corrected chi connectivity index (χ3v) is 3.52. The van der Waals surface area contributed by atoms with Crippen LogP contribution in [0.4, 0.5) is 5.69 Å². The lowest BCUT2D eigenvalue weighted by Gasteiger charge is -2.14. The molecule has 4 nitrogen and oxygen atoms in total. The van der Waals surface area contributed by atoms with Gasteiger partial charge in [0.25, 0.3) is 5.91 Å². The molecule has 0 saturated carbocycles. The summed E-state index contributed by atoms with van der Waals surface area (Å²) >= 11 is 7.31. The van der Waals surface area contributed by atoms with Crippen LogP contribution in [0.25, 0.3) is 0 Å². The number of nitrogens with one attached hydrogen (secondary N) is 1. The van der Waals surface area contributed by atoms with E-state index in [0.29, 0.717) is 17.9 Å². The van der Waals surface area contributed by atoms with Crippen molar-refractivity contribution in [2.75, 3.05) is 12.8 Å². The van der Waals surface area contributed by atoms with Gasteiger partial charge in [-0.15, -0.1) is 11.3 Å². The van der Waals surface area contributed by atoms with Crippen molar-refractivity contribution < 1.29 is 4.79 Å². The van der Waals surface area contributed by atoms with E-state index >= 15 is 0 Å². The maximum Gasteiger partial charge on any atom is 0.270 e. The molecule has 0 fully saturated rings. The number of halogens is 1. The van der Waals surface area contributed by atoms with E-state index in [2.05, 4.69) is 4.98 Å². The minimum atomic E-state index is -0.0915. The summed E-state index contributed by atoms with van der Waals surface area (Å²) in [5, 5.41) is 0. The first-order valence-electron chi connectivity index (χ1n) is 5.00. The maximum absolute atomic E-state index is 12.0. The lowest BCUT2D eigenvalue weighted by atomic mass is 10.3. The average Bonchev–Trinajstić information content (AvgIpc) is 2.87. The predicted octanol–water partition coefficient (Wildman–Crippen LogP) is 2.58.